The molecular weight excluding hydrogens is 340 g/mol. The van der Waals surface area contributed by atoms with E-state index in [4.69, 9.17) is 4.74 Å². The van der Waals surface area contributed by atoms with Crippen molar-refractivity contribution in [2.45, 2.75) is 25.9 Å². The van der Waals surface area contributed by atoms with Crippen LogP contribution in [-0.4, -0.2) is 60.5 Å². The van der Waals surface area contributed by atoms with Crippen molar-refractivity contribution in [3.05, 3.63) is 53.7 Å². The monoisotopic (exact) mass is 368 g/mol. The number of hydrogen-bond donors (Lipinski definition) is 1. The van der Waals surface area contributed by atoms with Gasteiger partial charge in [0.05, 0.1) is 0 Å². The maximum atomic E-state index is 12.4. The van der Waals surface area contributed by atoms with Gasteiger partial charge >= 0.3 is 0 Å². The van der Waals surface area contributed by atoms with Crippen LogP contribution in [-0.2, 0) is 11.3 Å². The first kappa shape index (κ1) is 19.3. The fourth-order valence-electron chi connectivity index (χ4n) is 3.23. The number of likely N-dealkylation sites (N-methyl/N-ethyl adjacent to an activating group) is 2. The molecule has 1 fully saturated rings. The number of carbonyl (C=O) groups excluding carboxylic acids is 1. The van der Waals surface area contributed by atoms with Crippen molar-refractivity contribution in [3.63, 3.8) is 0 Å². The molecule has 0 aliphatic carbocycles. The molecule has 1 aromatic heterocycles. The highest BCUT2D eigenvalue weighted by atomic mass is 16.5. The van der Waals surface area contributed by atoms with Crippen LogP contribution < -0.4 is 10.1 Å². The fourth-order valence-corrected chi connectivity index (χ4v) is 3.23. The molecule has 0 unspecified atom stereocenters. The molecule has 6 nitrogen and oxygen atoms in total. The van der Waals surface area contributed by atoms with Crippen molar-refractivity contribution < 1.29 is 9.53 Å². The first-order valence-electron chi connectivity index (χ1n) is 9.36. The maximum Gasteiger partial charge on any atom is 0.224 e. The summed E-state index contributed by atoms with van der Waals surface area (Å²) in [6, 6.07) is 11.9. The molecule has 2 heterocycles. The summed E-state index contributed by atoms with van der Waals surface area (Å²) in [5.41, 5.74) is 1.91. The topological polar surface area (TPSA) is 57.7 Å². The highest BCUT2D eigenvalue weighted by Gasteiger charge is 2.24. The minimum atomic E-state index is 0.0489. The first-order chi connectivity index (χ1) is 13.0. The Morgan fingerprint density at radius 3 is 2.85 bits per heavy atom. The van der Waals surface area contributed by atoms with Gasteiger partial charge in [-0.15, -0.1) is 0 Å². The minimum Gasteiger partial charge on any atom is -0.438 e. The van der Waals surface area contributed by atoms with E-state index in [0.717, 1.165) is 36.5 Å². The lowest BCUT2D eigenvalue weighted by Gasteiger charge is -2.37. The van der Waals surface area contributed by atoms with Gasteiger partial charge in [0, 0.05) is 50.4 Å². The summed E-state index contributed by atoms with van der Waals surface area (Å²) in [5.74, 6) is 1.35. The zero-order valence-corrected chi connectivity index (χ0v) is 16.3. The third-order valence-electron chi connectivity index (χ3n) is 5.03. The molecule has 0 saturated carbocycles. The second-order valence-corrected chi connectivity index (χ2v) is 7.21. The van der Waals surface area contributed by atoms with Crippen LogP contribution in [0.2, 0.25) is 0 Å². The van der Waals surface area contributed by atoms with Gasteiger partial charge in [-0.25, -0.2) is 4.98 Å². The summed E-state index contributed by atoms with van der Waals surface area (Å²) in [7, 11) is 4.18. The lowest BCUT2D eigenvalue weighted by Crippen LogP contribution is -2.51. The van der Waals surface area contributed by atoms with Gasteiger partial charge in [0.25, 0.3) is 0 Å². The zero-order chi connectivity index (χ0) is 19.2. The average molecular weight is 368 g/mol. The molecule has 1 amide bonds. The number of nitrogens with one attached hydrogen (secondary N) is 1. The number of hydrogen-bond acceptors (Lipinski definition) is 5. The van der Waals surface area contributed by atoms with E-state index >= 15 is 0 Å². The molecule has 0 bridgehead atoms. The van der Waals surface area contributed by atoms with Gasteiger partial charge < -0.3 is 19.9 Å². The lowest BCUT2D eigenvalue weighted by atomic mass is 10.1. The van der Waals surface area contributed by atoms with Crippen LogP contribution >= 0.6 is 0 Å². The number of piperazine rings is 1. The van der Waals surface area contributed by atoms with Crippen LogP contribution in [0.5, 0.6) is 11.6 Å². The summed E-state index contributed by atoms with van der Waals surface area (Å²) < 4.78 is 5.98. The van der Waals surface area contributed by atoms with E-state index in [-0.39, 0.29) is 11.9 Å². The van der Waals surface area contributed by atoms with E-state index in [2.05, 4.69) is 34.2 Å². The number of amides is 1. The Labute approximate surface area is 161 Å². The Morgan fingerprint density at radius 2 is 2.04 bits per heavy atom. The number of aromatic nitrogens is 1. The molecule has 1 aromatic carbocycles. The standard InChI is InChI=1S/C21H28N4O2/c1-16-7-4-5-9-19(16)27-21-17(8-6-10-22-21)14-23-20(26)13-18-15-24(2)11-12-25(18)3/h4-10,18H,11-15H2,1-3H3,(H,23,26)/t18-/m1/s1. The number of para-hydroxylation sites is 1. The van der Waals surface area contributed by atoms with Crippen molar-refractivity contribution in [1.29, 1.82) is 0 Å². The first-order valence-corrected chi connectivity index (χ1v) is 9.36. The average Bonchev–Trinajstić information content (AvgIpc) is 2.66. The molecule has 1 saturated heterocycles. The predicted octanol–water partition coefficient (Wildman–Crippen LogP) is 2.43. The van der Waals surface area contributed by atoms with Crippen LogP contribution in [0.4, 0.5) is 0 Å². The van der Waals surface area contributed by atoms with Crippen molar-refractivity contribution in [2.75, 3.05) is 33.7 Å². The van der Waals surface area contributed by atoms with Crippen LogP contribution in [0.25, 0.3) is 0 Å². The second-order valence-electron chi connectivity index (χ2n) is 7.21. The highest BCUT2D eigenvalue weighted by Crippen LogP contribution is 2.25. The summed E-state index contributed by atoms with van der Waals surface area (Å²) in [5, 5.41) is 3.02. The van der Waals surface area contributed by atoms with Gasteiger partial charge in [-0.05, 0) is 38.7 Å². The van der Waals surface area contributed by atoms with E-state index < -0.39 is 0 Å². The number of nitrogens with zero attached hydrogens (tertiary/aromatic N) is 3. The summed E-state index contributed by atoms with van der Waals surface area (Å²) in [6.07, 6.45) is 2.20. The van der Waals surface area contributed by atoms with Gasteiger partial charge in [0.15, 0.2) is 0 Å². The number of pyridine rings is 1. The van der Waals surface area contributed by atoms with E-state index in [1.54, 1.807) is 6.20 Å². The molecule has 6 heteroatoms. The van der Waals surface area contributed by atoms with Gasteiger partial charge in [-0.2, -0.15) is 0 Å². The molecule has 0 radical (unpaired) electrons. The Morgan fingerprint density at radius 1 is 1.22 bits per heavy atom. The third kappa shape index (κ3) is 5.28. The molecule has 0 spiro atoms. The highest BCUT2D eigenvalue weighted by molar-refractivity contribution is 5.76. The van der Waals surface area contributed by atoms with E-state index in [0.29, 0.717) is 18.8 Å². The Balaban J connectivity index is 1.59. The fraction of sp³-hybridized carbons (Fsp3) is 0.429. The molecule has 1 aliphatic heterocycles. The maximum absolute atomic E-state index is 12.4. The quantitative estimate of drug-likeness (QED) is 0.849. The number of carbonyl (C=O) groups is 1. The predicted molar refractivity (Wildman–Crippen MR) is 106 cm³/mol. The number of aryl methyl sites for hydroxylation is 1. The van der Waals surface area contributed by atoms with Crippen LogP contribution in [0, 0.1) is 6.92 Å². The minimum absolute atomic E-state index is 0.0489. The summed E-state index contributed by atoms with van der Waals surface area (Å²) in [4.78, 5) is 21.3. The lowest BCUT2D eigenvalue weighted by molar-refractivity contribution is -0.122. The van der Waals surface area contributed by atoms with Crippen molar-refractivity contribution in [3.8, 4) is 11.6 Å². The van der Waals surface area contributed by atoms with Gasteiger partial charge in [0.1, 0.15) is 5.75 Å². The SMILES string of the molecule is Cc1ccccc1Oc1ncccc1CNC(=O)C[C@@H]1CN(C)CCN1C. The van der Waals surface area contributed by atoms with E-state index in [1.165, 1.54) is 0 Å². The van der Waals surface area contributed by atoms with Crippen LogP contribution in [0.1, 0.15) is 17.5 Å². The number of rotatable bonds is 6. The molecule has 144 valence electrons. The van der Waals surface area contributed by atoms with Gasteiger partial charge in [0.2, 0.25) is 11.8 Å². The van der Waals surface area contributed by atoms with Crippen molar-refractivity contribution in [1.82, 2.24) is 20.1 Å². The summed E-state index contributed by atoms with van der Waals surface area (Å²) in [6.45, 7) is 5.35. The Bertz CT molecular complexity index is 780. The third-order valence-corrected chi connectivity index (χ3v) is 5.03. The molecule has 1 aliphatic rings. The number of ether oxygens (including phenoxy) is 1. The molecular formula is C21H28N4O2. The van der Waals surface area contributed by atoms with Gasteiger partial charge in [-0.3, -0.25) is 4.79 Å². The molecule has 3 rings (SSSR count). The Hall–Kier alpha value is -2.44. The van der Waals surface area contributed by atoms with Crippen molar-refractivity contribution in [2.24, 2.45) is 0 Å². The normalized spacial score (nSPS) is 18.3. The van der Waals surface area contributed by atoms with Gasteiger partial charge in [-0.1, -0.05) is 24.3 Å². The molecule has 27 heavy (non-hydrogen) atoms. The molecule has 1 N–H and O–H groups in total. The zero-order valence-electron chi connectivity index (χ0n) is 16.3. The molecule has 1 atom stereocenters. The van der Waals surface area contributed by atoms with Crippen molar-refractivity contribution >= 4 is 5.91 Å². The van der Waals surface area contributed by atoms with E-state index in [9.17, 15) is 4.79 Å². The summed E-state index contributed by atoms with van der Waals surface area (Å²) >= 11 is 0. The number of benzene rings is 1. The second kappa shape index (κ2) is 8.97. The van der Waals surface area contributed by atoms with Crippen LogP contribution in [0.3, 0.4) is 0 Å². The smallest absolute Gasteiger partial charge is 0.224 e. The Kier molecular flexibility index (Phi) is 6.42. The molecule has 2 aromatic rings. The van der Waals surface area contributed by atoms with E-state index in [1.807, 2.05) is 43.3 Å². The largest absolute Gasteiger partial charge is 0.438 e. The van der Waals surface area contributed by atoms with Crippen LogP contribution in [0.15, 0.2) is 42.6 Å².